The van der Waals surface area contributed by atoms with E-state index in [1.54, 1.807) is 0 Å². The third-order valence-electron chi connectivity index (χ3n) is 4.24. The Morgan fingerprint density at radius 2 is 2.33 bits per heavy atom. The Hall–Kier alpha value is -0.120. The molecule has 2 saturated heterocycles. The second-order valence-corrected chi connectivity index (χ2v) is 5.17. The average Bonchev–Trinajstić information content (AvgIpc) is 2.65. The molecule has 0 aromatic rings. The highest BCUT2D eigenvalue weighted by atomic mass is 16.3. The van der Waals surface area contributed by atoms with Gasteiger partial charge in [-0.25, -0.2) is 0 Å². The summed E-state index contributed by atoms with van der Waals surface area (Å²) in [6.07, 6.45) is 4.48. The summed E-state index contributed by atoms with van der Waals surface area (Å²) in [6, 6.07) is 0.870. The van der Waals surface area contributed by atoms with Crippen molar-refractivity contribution in [1.29, 1.82) is 0 Å². The van der Waals surface area contributed by atoms with Gasteiger partial charge < -0.3 is 15.3 Å². The fourth-order valence-corrected chi connectivity index (χ4v) is 3.16. The van der Waals surface area contributed by atoms with Crippen molar-refractivity contribution in [2.45, 2.75) is 57.2 Å². The first-order valence-electron chi connectivity index (χ1n) is 6.35. The van der Waals surface area contributed by atoms with Gasteiger partial charge in [-0.15, -0.1) is 0 Å². The Kier molecular flexibility index (Phi) is 3.33. The summed E-state index contributed by atoms with van der Waals surface area (Å²) < 4.78 is 0. The van der Waals surface area contributed by atoms with Crippen LogP contribution in [-0.4, -0.2) is 47.3 Å². The molecule has 2 aliphatic heterocycles. The first-order valence-corrected chi connectivity index (χ1v) is 6.35. The van der Waals surface area contributed by atoms with Gasteiger partial charge in [0.05, 0.1) is 5.60 Å². The molecular formula is C12H24N2O. The lowest BCUT2D eigenvalue weighted by atomic mass is 9.81. The summed E-state index contributed by atoms with van der Waals surface area (Å²) in [7, 11) is 0. The maximum atomic E-state index is 10.6. The van der Waals surface area contributed by atoms with Gasteiger partial charge >= 0.3 is 0 Å². The van der Waals surface area contributed by atoms with E-state index in [1.807, 2.05) is 0 Å². The minimum Gasteiger partial charge on any atom is -0.388 e. The monoisotopic (exact) mass is 212 g/mol. The maximum Gasteiger partial charge on any atom is 0.0824 e. The fraction of sp³-hybridized carbons (Fsp3) is 1.00. The minimum absolute atomic E-state index is 0.227. The van der Waals surface area contributed by atoms with Crippen molar-refractivity contribution in [3.05, 3.63) is 0 Å². The average molecular weight is 212 g/mol. The summed E-state index contributed by atoms with van der Waals surface area (Å²) in [5.41, 5.74) is -0.471. The molecule has 3 atom stereocenters. The van der Waals surface area contributed by atoms with Crippen molar-refractivity contribution in [3.63, 3.8) is 0 Å². The van der Waals surface area contributed by atoms with Crippen LogP contribution in [0.5, 0.6) is 0 Å². The Balaban J connectivity index is 1.97. The molecule has 0 aliphatic carbocycles. The fourth-order valence-electron chi connectivity index (χ4n) is 3.16. The topological polar surface area (TPSA) is 35.5 Å². The van der Waals surface area contributed by atoms with Crippen LogP contribution < -0.4 is 5.32 Å². The van der Waals surface area contributed by atoms with E-state index >= 15 is 0 Å². The number of hydrogen-bond donors (Lipinski definition) is 2. The van der Waals surface area contributed by atoms with E-state index < -0.39 is 5.60 Å². The SMILES string of the molecule is CCNC(C)C1(O)CCN2CCCC2C1. The molecule has 3 nitrogen and oxygen atoms in total. The molecule has 0 bridgehead atoms. The number of nitrogens with one attached hydrogen (secondary N) is 1. The number of rotatable bonds is 3. The van der Waals surface area contributed by atoms with Crippen molar-refractivity contribution in [2.75, 3.05) is 19.6 Å². The molecule has 2 heterocycles. The van der Waals surface area contributed by atoms with Gasteiger partial charge in [0.2, 0.25) is 0 Å². The second-order valence-electron chi connectivity index (χ2n) is 5.17. The van der Waals surface area contributed by atoms with Crippen LogP contribution in [0.25, 0.3) is 0 Å². The zero-order chi connectivity index (χ0) is 10.9. The standard InChI is InChI=1S/C12H24N2O/c1-3-13-10(2)12(15)6-8-14-7-4-5-11(14)9-12/h10-11,13,15H,3-9H2,1-2H3. The Labute approximate surface area is 92.8 Å². The van der Waals surface area contributed by atoms with Crippen LogP contribution in [0.3, 0.4) is 0 Å². The van der Waals surface area contributed by atoms with E-state index in [-0.39, 0.29) is 6.04 Å². The highest BCUT2D eigenvalue weighted by Crippen LogP contribution is 2.34. The Morgan fingerprint density at radius 1 is 1.53 bits per heavy atom. The van der Waals surface area contributed by atoms with Gasteiger partial charge in [0.25, 0.3) is 0 Å². The van der Waals surface area contributed by atoms with Crippen LogP contribution in [0.1, 0.15) is 39.5 Å². The number of fused-ring (bicyclic) bond motifs is 1. The highest BCUT2D eigenvalue weighted by Gasteiger charge is 2.43. The van der Waals surface area contributed by atoms with Crippen LogP contribution in [0.4, 0.5) is 0 Å². The van der Waals surface area contributed by atoms with Gasteiger partial charge in [-0.2, -0.15) is 0 Å². The van der Waals surface area contributed by atoms with E-state index in [0.717, 1.165) is 25.9 Å². The lowest BCUT2D eigenvalue weighted by Crippen LogP contribution is -2.57. The molecule has 0 aromatic heterocycles. The predicted molar refractivity (Wildman–Crippen MR) is 61.9 cm³/mol. The van der Waals surface area contributed by atoms with Gasteiger partial charge in [-0.1, -0.05) is 6.92 Å². The molecule has 0 spiro atoms. The molecule has 15 heavy (non-hydrogen) atoms. The molecular weight excluding hydrogens is 188 g/mol. The third kappa shape index (κ3) is 2.19. The van der Waals surface area contributed by atoms with Crippen molar-refractivity contribution >= 4 is 0 Å². The lowest BCUT2D eigenvalue weighted by molar-refractivity contribution is -0.0583. The van der Waals surface area contributed by atoms with Crippen LogP contribution in [-0.2, 0) is 0 Å². The van der Waals surface area contributed by atoms with E-state index in [1.165, 1.54) is 19.4 Å². The normalized spacial score (nSPS) is 39.0. The van der Waals surface area contributed by atoms with Crippen molar-refractivity contribution in [3.8, 4) is 0 Å². The first kappa shape index (κ1) is 11.4. The molecule has 3 heteroatoms. The van der Waals surface area contributed by atoms with E-state index in [4.69, 9.17) is 0 Å². The molecule has 0 amide bonds. The van der Waals surface area contributed by atoms with Gasteiger partial charge in [-0.3, -0.25) is 0 Å². The summed E-state index contributed by atoms with van der Waals surface area (Å²) >= 11 is 0. The Morgan fingerprint density at radius 3 is 3.07 bits per heavy atom. The molecule has 2 fully saturated rings. The first-order chi connectivity index (χ1) is 7.15. The van der Waals surface area contributed by atoms with Gasteiger partial charge in [0, 0.05) is 18.6 Å². The zero-order valence-corrected chi connectivity index (χ0v) is 10.00. The summed E-state index contributed by atoms with van der Waals surface area (Å²) in [5.74, 6) is 0. The van der Waals surface area contributed by atoms with E-state index in [0.29, 0.717) is 6.04 Å². The molecule has 0 radical (unpaired) electrons. The quantitative estimate of drug-likeness (QED) is 0.732. The van der Waals surface area contributed by atoms with Crippen LogP contribution in [0.2, 0.25) is 0 Å². The van der Waals surface area contributed by atoms with Gasteiger partial charge in [-0.05, 0) is 45.7 Å². The number of nitrogens with zero attached hydrogens (tertiary/aromatic N) is 1. The number of likely N-dealkylation sites (N-methyl/N-ethyl adjacent to an activating group) is 1. The number of hydrogen-bond acceptors (Lipinski definition) is 3. The lowest BCUT2D eigenvalue weighted by Gasteiger charge is -2.44. The summed E-state index contributed by atoms with van der Waals surface area (Å²) in [5, 5.41) is 14.0. The van der Waals surface area contributed by atoms with Gasteiger partial charge in [0.15, 0.2) is 0 Å². The van der Waals surface area contributed by atoms with Gasteiger partial charge in [0.1, 0.15) is 0 Å². The molecule has 2 aliphatic rings. The molecule has 2 N–H and O–H groups in total. The molecule has 2 rings (SSSR count). The van der Waals surface area contributed by atoms with Crippen LogP contribution in [0.15, 0.2) is 0 Å². The smallest absolute Gasteiger partial charge is 0.0824 e. The minimum atomic E-state index is -0.471. The highest BCUT2D eigenvalue weighted by molar-refractivity contribution is 4.99. The number of piperidine rings is 1. The number of aliphatic hydroxyl groups is 1. The Bertz CT molecular complexity index is 222. The molecule has 0 saturated carbocycles. The van der Waals surface area contributed by atoms with Crippen molar-refractivity contribution < 1.29 is 5.11 Å². The molecule has 0 aromatic carbocycles. The summed E-state index contributed by atoms with van der Waals surface area (Å²) in [4.78, 5) is 2.55. The summed E-state index contributed by atoms with van der Waals surface area (Å²) in [6.45, 7) is 7.49. The van der Waals surface area contributed by atoms with Crippen LogP contribution >= 0.6 is 0 Å². The molecule has 88 valence electrons. The van der Waals surface area contributed by atoms with Crippen LogP contribution in [0, 0.1) is 0 Å². The van der Waals surface area contributed by atoms with Crippen molar-refractivity contribution in [2.24, 2.45) is 0 Å². The zero-order valence-electron chi connectivity index (χ0n) is 10.00. The largest absolute Gasteiger partial charge is 0.388 e. The molecule has 3 unspecified atom stereocenters. The predicted octanol–water partition coefficient (Wildman–Crippen LogP) is 0.974. The maximum absolute atomic E-state index is 10.6. The van der Waals surface area contributed by atoms with E-state index in [2.05, 4.69) is 24.1 Å². The second kappa shape index (κ2) is 4.40. The van der Waals surface area contributed by atoms with Crippen molar-refractivity contribution in [1.82, 2.24) is 10.2 Å². The third-order valence-corrected chi connectivity index (χ3v) is 4.24. The van der Waals surface area contributed by atoms with E-state index in [9.17, 15) is 5.11 Å².